The molecule has 0 fully saturated rings. The second-order valence-corrected chi connectivity index (χ2v) is 5.25. The van der Waals surface area contributed by atoms with Gasteiger partial charge in [0, 0.05) is 12.6 Å². The van der Waals surface area contributed by atoms with Gasteiger partial charge in [-0.05, 0) is 38.9 Å². The Labute approximate surface area is 90.1 Å². The van der Waals surface area contributed by atoms with Gasteiger partial charge in [0.25, 0.3) is 0 Å². The molecule has 0 saturated heterocycles. The summed E-state index contributed by atoms with van der Waals surface area (Å²) in [6.45, 7) is 11.4. The van der Waals surface area contributed by atoms with Gasteiger partial charge in [-0.2, -0.15) is 0 Å². The van der Waals surface area contributed by atoms with Gasteiger partial charge < -0.3 is 10.2 Å². The summed E-state index contributed by atoms with van der Waals surface area (Å²) in [5, 5.41) is 3.64. The average Bonchev–Trinajstić information content (AvgIpc) is 2.00. The number of nitrogens with one attached hydrogen (secondary N) is 1. The van der Waals surface area contributed by atoms with Crippen molar-refractivity contribution in [1.29, 1.82) is 0 Å². The third-order valence-corrected chi connectivity index (χ3v) is 2.49. The zero-order chi connectivity index (χ0) is 11.1. The fourth-order valence-corrected chi connectivity index (χ4v) is 1.46. The van der Waals surface area contributed by atoms with Crippen molar-refractivity contribution in [2.24, 2.45) is 11.8 Å². The maximum absolute atomic E-state index is 3.64. The molecule has 0 aromatic heterocycles. The highest BCUT2D eigenvalue weighted by Crippen LogP contribution is 2.04. The van der Waals surface area contributed by atoms with E-state index in [-0.39, 0.29) is 0 Å². The molecule has 86 valence electrons. The first-order chi connectivity index (χ1) is 6.43. The lowest BCUT2D eigenvalue weighted by Crippen LogP contribution is -2.42. The van der Waals surface area contributed by atoms with Crippen molar-refractivity contribution in [2.75, 3.05) is 27.2 Å². The minimum absolute atomic E-state index is 0.628. The molecule has 1 N–H and O–H groups in total. The summed E-state index contributed by atoms with van der Waals surface area (Å²) in [6, 6.07) is 0.628. The van der Waals surface area contributed by atoms with Crippen molar-refractivity contribution in [2.45, 2.75) is 40.2 Å². The quantitative estimate of drug-likeness (QED) is 0.678. The van der Waals surface area contributed by atoms with Gasteiger partial charge in [-0.3, -0.25) is 0 Å². The van der Waals surface area contributed by atoms with Crippen molar-refractivity contribution in [1.82, 2.24) is 10.2 Å². The van der Waals surface area contributed by atoms with Gasteiger partial charge in [0.15, 0.2) is 0 Å². The van der Waals surface area contributed by atoms with Crippen LogP contribution in [0.4, 0.5) is 0 Å². The minimum atomic E-state index is 0.628. The zero-order valence-corrected chi connectivity index (χ0v) is 10.8. The van der Waals surface area contributed by atoms with Crippen molar-refractivity contribution in [3.05, 3.63) is 0 Å². The van der Waals surface area contributed by atoms with Crippen LogP contribution in [0.5, 0.6) is 0 Å². The van der Waals surface area contributed by atoms with Gasteiger partial charge >= 0.3 is 0 Å². The van der Waals surface area contributed by atoms with E-state index >= 15 is 0 Å². The van der Waals surface area contributed by atoms with Crippen molar-refractivity contribution in [3.63, 3.8) is 0 Å². The predicted molar refractivity (Wildman–Crippen MR) is 64.6 cm³/mol. The minimum Gasteiger partial charge on any atom is -0.312 e. The summed E-state index contributed by atoms with van der Waals surface area (Å²) >= 11 is 0. The third-order valence-electron chi connectivity index (χ3n) is 2.49. The van der Waals surface area contributed by atoms with Crippen LogP contribution in [0.2, 0.25) is 0 Å². The Morgan fingerprint density at radius 2 is 1.64 bits per heavy atom. The first-order valence-corrected chi connectivity index (χ1v) is 5.81. The van der Waals surface area contributed by atoms with Crippen molar-refractivity contribution < 1.29 is 0 Å². The zero-order valence-electron chi connectivity index (χ0n) is 10.8. The van der Waals surface area contributed by atoms with Gasteiger partial charge in [0.1, 0.15) is 0 Å². The molecule has 1 atom stereocenters. The molecule has 0 aliphatic heterocycles. The van der Waals surface area contributed by atoms with Gasteiger partial charge in [0.05, 0.1) is 0 Å². The summed E-state index contributed by atoms with van der Waals surface area (Å²) < 4.78 is 0. The second-order valence-electron chi connectivity index (χ2n) is 5.25. The molecule has 0 rings (SSSR count). The van der Waals surface area contributed by atoms with Gasteiger partial charge in [-0.25, -0.2) is 0 Å². The Morgan fingerprint density at radius 1 is 1.07 bits per heavy atom. The van der Waals surface area contributed by atoms with Crippen LogP contribution in [0.25, 0.3) is 0 Å². The predicted octanol–water partition coefficient (Wildman–Crippen LogP) is 2.21. The molecule has 0 amide bonds. The number of hydrogen-bond acceptors (Lipinski definition) is 2. The van der Waals surface area contributed by atoms with Crippen LogP contribution in [0.15, 0.2) is 0 Å². The number of likely N-dealkylation sites (N-methyl/N-ethyl adjacent to an activating group) is 1. The molecule has 0 aliphatic carbocycles. The molecule has 1 unspecified atom stereocenters. The molecule has 0 heterocycles. The van der Waals surface area contributed by atoms with E-state index in [0.717, 1.165) is 19.0 Å². The molecule has 0 aromatic carbocycles. The van der Waals surface area contributed by atoms with E-state index in [2.05, 4.69) is 52.0 Å². The molecular weight excluding hydrogens is 172 g/mol. The van der Waals surface area contributed by atoms with Crippen LogP contribution in [0.3, 0.4) is 0 Å². The smallest absolute Gasteiger partial charge is 0.0217 e. The lowest BCUT2D eigenvalue weighted by atomic mass is 10.0. The Hall–Kier alpha value is -0.0800. The van der Waals surface area contributed by atoms with Gasteiger partial charge in [-0.15, -0.1) is 0 Å². The van der Waals surface area contributed by atoms with Crippen LogP contribution in [-0.2, 0) is 0 Å². The summed E-state index contributed by atoms with van der Waals surface area (Å²) in [6.07, 6.45) is 1.27. The van der Waals surface area contributed by atoms with Crippen LogP contribution in [-0.4, -0.2) is 38.1 Å². The van der Waals surface area contributed by atoms with Crippen molar-refractivity contribution in [3.8, 4) is 0 Å². The maximum Gasteiger partial charge on any atom is 0.0217 e. The Morgan fingerprint density at radius 3 is 2.00 bits per heavy atom. The third kappa shape index (κ3) is 7.34. The number of nitrogens with zero attached hydrogens (tertiary/aromatic N) is 1. The molecule has 2 nitrogen and oxygen atoms in total. The fourth-order valence-electron chi connectivity index (χ4n) is 1.46. The van der Waals surface area contributed by atoms with Crippen LogP contribution in [0.1, 0.15) is 34.1 Å². The summed E-state index contributed by atoms with van der Waals surface area (Å²) in [7, 11) is 4.28. The van der Waals surface area contributed by atoms with E-state index in [1.165, 1.54) is 6.42 Å². The molecule has 0 aliphatic rings. The Kier molecular flexibility index (Phi) is 7.20. The van der Waals surface area contributed by atoms with E-state index < -0.39 is 0 Å². The van der Waals surface area contributed by atoms with Crippen LogP contribution in [0, 0.1) is 11.8 Å². The van der Waals surface area contributed by atoms with Crippen LogP contribution >= 0.6 is 0 Å². The fraction of sp³-hybridized carbons (Fsp3) is 1.00. The van der Waals surface area contributed by atoms with Crippen molar-refractivity contribution >= 4 is 0 Å². The normalized spacial score (nSPS) is 14.4. The monoisotopic (exact) mass is 200 g/mol. The van der Waals surface area contributed by atoms with Crippen LogP contribution < -0.4 is 5.32 Å². The SMILES string of the molecule is CC(C)CCNC(CN(C)C)C(C)C. The van der Waals surface area contributed by atoms with Gasteiger partial charge in [-0.1, -0.05) is 27.7 Å². The highest BCUT2D eigenvalue weighted by atomic mass is 15.1. The summed E-state index contributed by atoms with van der Waals surface area (Å²) in [4.78, 5) is 2.26. The second kappa shape index (κ2) is 7.24. The van der Waals surface area contributed by atoms with E-state index in [1.807, 2.05) is 0 Å². The summed E-state index contributed by atoms with van der Waals surface area (Å²) in [5.74, 6) is 1.51. The molecule has 0 radical (unpaired) electrons. The van der Waals surface area contributed by atoms with Gasteiger partial charge in [0.2, 0.25) is 0 Å². The van der Waals surface area contributed by atoms with E-state index in [9.17, 15) is 0 Å². The lowest BCUT2D eigenvalue weighted by Gasteiger charge is -2.26. The molecule has 14 heavy (non-hydrogen) atoms. The number of rotatable bonds is 7. The largest absolute Gasteiger partial charge is 0.312 e. The maximum atomic E-state index is 3.64. The highest BCUT2D eigenvalue weighted by Gasteiger charge is 2.13. The average molecular weight is 200 g/mol. The van der Waals surface area contributed by atoms with E-state index in [4.69, 9.17) is 0 Å². The first kappa shape index (κ1) is 13.9. The molecule has 0 saturated carbocycles. The number of hydrogen-bond donors (Lipinski definition) is 1. The molecular formula is C12H28N2. The molecule has 0 bridgehead atoms. The molecule has 2 heteroatoms. The lowest BCUT2D eigenvalue weighted by molar-refractivity contribution is 0.285. The Bertz CT molecular complexity index is 130. The highest BCUT2D eigenvalue weighted by molar-refractivity contribution is 4.73. The topological polar surface area (TPSA) is 15.3 Å². The van der Waals surface area contributed by atoms with E-state index in [0.29, 0.717) is 12.0 Å². The standard InChI is InChI=1S/C12H28N2/c1-10(2)7-8-13-12(11(3)4)9-14(5)6/h10-13H,7-9H2,1-6H3. The Balaban J connectivity index is 3.74. The van der Waals surface area contributed by atoms with E-state index in [1.54, 1.807) is 0 Å². The molecule has 0 spiro atoms. The summed E-state index contributed by atoms with van der Waals surface area (Å²) in [5.41, 5.74) is 0. The first-order valence-electron chi connectivity index (χ1n) is 5.81. The molecule has 0 aromatic rings.